The van der Waals surface area contributed by atoms with Crippen LogP contribution in [0.25, 0.3) is 0 Å². The van der Waals surface area contributed by atoms with Gasteiger partial charge >= 0.3 is 0 Å². The third-order valence-corrected chi connectivity index (χ3v) is 6.96. The summed E-state index contributed by atoms with van der Waals surface area (Å²) in [6, 6.07) is 8.12. The molecule has 1 aromatic rings. The first kappa shape index (κ1) is 16.6. The highest BCUT2D eigenvalue weighted by atomic mass is 79.9. The summed E-state index contributed by atoms with van der Waals surface area (Å²) in [6.45, 7) is 2.04. The Labute approximate surface area is 152 Å². The number of hydrogen-bond acceptors (Lipinski definition) is 2. The van der Waals surface area contributed by atoms with Crippen LogP contribution in [0.15, 0.2) is 28.7 Å². The van der Waals surface area contributed by atoms with Crippen molar-refractivity contribution in [1.82, 2.24) is 5.32 Å². The van der Waals surface area contributed by atoms with Gasteiger partial charge in [0.25, 0.3) is 0 Å². The average molecular weight is 392 g/mol. The number of nitrogens with one attached hydrogen (secondary N) is 1. The molecule has 4 aliphatic carbocycles. The van der Waals surface area contributed by atoms with Gasteiger partial charge in [0.15, 0.2) is 0 Å². The first-order valence-electron chi connectivity index (χ1n) is 9.12. The van der Waals surface area contributed by atoms with Crippen LogP contribution < -0.4 is 5.32 Å². The summed E-state index contributed by atoms with van der Waals surface area (Å²) >= 11 is 3.44. The number of benzene rings is 1. The van der Waals surface area contributed by atoms with E-state index in [4.69, 9.17) is 0 Å². The molecule has 0 heterocycles. The standard InChI is InChI=1S/C20H26BrNO2/c1-13(16-2-4-17(21)5-3-16)22-18(23)11-19-7-14-6-15(8-19)10-20(24,9-14)12-19/h2-5,13-15,24H,6-12H2,1H3,(H,22,23). The topological polar surface area (TPSA) is 49.3 Å². The molecule has 0 spiro atoms. The predicted molar refractivity (Wildman–Crippen MR) is 97.4 cm³/mol. The van der Waals surface area contributed by atoms with Gasteiger partial charge in [0.2, 0.25) is 5.91 Å². The Morgan fingerprint density at radius 2 is 1.88 bits per heavy atom. The molecule has 3 unspecified atom stereocenters. The molecule has 2 N–H and O–H groups in total. The molecule has 4 fully saturated rings. The number of aliphatic hydroxyl groups is 1. The monoisotopic (exact) mass is 391 g/mol. The smallest absolute Gasteiger partial charge is 0.221 e. The number of rotatable bonds is 4. The number of hydrogen-bond donors (Lipinski definition) is 2. The van der Waals surface area contributed by atoms with Crippen LogP contribution in [0.2, 0.25) is 0 Å². The van der Waals surface area contributed by atoms with E-state index in [1.165, 1.54) is 6.42 Å². The third kappa shape index (κ3) is 3.15. The lowest BCUT2D eigenvalue weighted by molar-refractivity contribution is -0.169. The largest absolute Gasteiger partial charge is 0.390 e. The Hall–Kier alpha value is -0.870. The van der Waals surface area contributed by atoms with E-state index in [1.54, 1.807) is 0 Å². The molecular weight excluding hydrogens is 366 g/mol. The lowest BCUT2D eigenvalue weighted by Crippen LogP contribution is -2.56. The molecule has 4 bridgehead atoms. The van der Waals surface area contributed by atoms with Gasteiger partial charge in [-0.1, -0.05) is 28.1 Å². The molecule has 5 rings (SSSR count). The van der Waals surface area contributed by atoms with Crippen LogP contribution >= 0.6 is 15.9 Å². The molecule has 3 atom stereocenters. The Balaban J connectivity index is 1.42. The highest BCUT2D eigenvalue weighted by Crippen LogP contribution is 2.62. The number of carbonyl (C=O) groups excluding carboxylic acids is 1. The van der Waals surface area contributed by atoms with Gasteiger partial charge < -0.3 is 10.4 Å². The fourth-order valence-corrected chi connectivity index (χ4v) is 6.34. The van der Waals surface area contributed by atoms with Crippen LogP contribution in [0, 0.1) is 17.3 Å². The molecule has 1 amide bonds. The van der Waals surface area contributed by atoms with Gasteiger partial charge in [-0.25, -0.2) is 0 Å². The van der Waals surface area contributed by atoms with Gasteiger partial charge in [0.05, 0.1) is 11.6 Å². The maximum atomic E-state index is 12.7. The minimum absolute atomic E-state index is 0.0163. The molecule has 1 aromatic carbocycles. The Morgan fingerprint density at radius 1 is 1.25 bits per heavy atom. The zero-order valence-corrected chi connectivity index (χ0v) is 15.8. The summed E-state index contributed by atoms with van der Waals surface area (Å²) in [4.78, 5) is 12.7. The van der Waals surface area contributed by atoms with E-state index in [1.807, 2.05) is 31.2 Å². The maximum absolute atomic E-state index is 12.7. The minimum Gasteiger partial charge on any atom is -0.390 e. The van der Waals surface area contributed by atoms with Crippen molar-refractivity contribution in [2.45, 2.75) is 63.5 Å². The summed E-state index contributed by atoms with van der Waals surface area (Å²) in [5.74, 6) is 1.40. The van der Waals surface area contributed by atoms with Gasteiger partial charge in [-0.2, -0.15) is 0 Å². The Bertz CT molecular complexity index is 628. The van der Waals surface area contributed by atoms with Gasteiger partial charge in [-0.05, 0) is 80.4 Å². The lowest BCUT2D eigenvalue weighted by atomic mass is 9.47. The van der Waals surface area contributed by atoms with Gasteiger partial charge in [-0.3, -0.25) is 4.79 Å². The fraction of sp³-hybridized carbons (Fsp3) is 0.650. The molecule has 4 saturated carbocycles. The van der Waals surface area contributed by atoms with Gasteiger partial charge in [0.1, 0.15) is 0 Å². The molecule has 4 aliphatic rings. The fourth-order valence-electron chi connectivity index (χ4n) is 6.08. The maximum Gasteiger partial charge on any atom is 0.221 e. The van der Waals surface area contributed by atoms with Crippen LogP contribution in [0.4, 0.5) is 0 Å². The second-order valence-corrected chi connectivity index (χ2v) is 9.62. The van der Waals surface area contributed by atoms with E-state index in [9.17, 15) is 9.90 Å². The second kappa shape index (κ2) is 5.84. The van der Waals surface area contributed by atoms with E-state index in [0.29, 0.717) is 18.3 Å². The second-order valence-electron chi connectivity index (χ2n) is 8.70. The highest BCUT2D eigenvalue weighted by molar-refractivity contribution is 9.10. The molecule has 0 saturated heterocycles. The predicted octanol–water partition coefficient (Wildman–Crippen LogP) is 4.35. The van der Waals surface area contributed by atoms with E-state index >= 15 is 0 Å². The first-order chi connectivity index (χ1) is 11.3. The molecule has 0 aromatic heterocycles. The van der Waals surface area contributed by atoms with Crippen LogP contribution in [-0.4, -0.2) is 16.6 Å². The van der Waals surface area contributed by atoms with Crippen molar-refractivity contribution in [2.24, 2.45) is 17.3 Å². The van der Waals surface area contributed by atoms with Crippen LogP contribution in [0.1, 0.15) is 63.5 Å². The molecule has 130 valence electrons. The van der Waals surface area contributed by atoms with Crippen LogP contribution in [0.3, 0.4) is 0 Å². The summed E-state index contributed by atoms with van der Waals surface area (Å²) < 4.78 is 1.05. The van der Waals surface area contributed by atoms with Gasteiger partial charge in [-0.15, -0.1) is 0 Å². The molecule has 4 heteroatoms. The molecule has 0 radical (unpaired) electrons. The highest BCUT2D eigenvalue weighted by Gasteiger charge is 2.57. The third-order valence-electron chi connectivity index (χ3n) is 6.43. The zero-order valence-electron chi connectivity index (χ0n) is 14.2. The summed E-state index contributed by atoms with van der Waals surface area (Å²) in [5, 5.41) is 14.0. The summed E-state index contributed by atoms with van der Waals surface area (Å²) in [6.07, 6.45) is 6.85. The zero-order chi connectivity index (χ0) is 16.9. The van der Waals surface area contributed by atoms with Gasteiger partial charge in [0, 0.05) is 10.9 Å². The molecule has 0 aliphatic heterocycles. The van der Waals surface area contributed by atoms with Crippen molar-refractivity contribution in [3.63, 3.8) is 0 Å². The van der Waals surface area contributed by atoms with E-state index in [-0.39, 0.29) is 17.4 Å². The molecule has 3 nitrogen and oxygen atoms in total. The quantitative estimate of drug-likeness (QED) is 0.801. The van der Waals surface area contributed by atoms with E-state index in [0.717, 1.165) is 42.1 Å². The van der Waals surface area contributed by atoms with Crippen molar-refractivity contribution < 1.29 is 9.90 Å². The SMILES string of the molecule is CC(NC(=O)CC12CC3CC(CC(O)(C3)C1)C2)c1ccc(Br)cc1. The number of halogens is 1. The Kier molecular flexibility index (Phi) is 4.04. The lowest BCUT2D eigenvalue weighted by Gasteiger charge is -2.60. The summed E-state index contributed by atoms with van der Waals surface area (Å²) in [7, 11) is 0. The molecular formula is C20H26BrNO2. The van der Waals surface area contributed by atoms with Crippen LogP contribution in [0.5, 0.6) is 0 Å². The van der Waals surface area contributed by atoms with Crippen molar-refractivity contribution in [2.75, 3.05) is 0 Å². The number of carbonyl (C=O) groups is 1. The average Bonchev–Trinajstić information content (AvgIpc) is 2.44. The number of amides is 1. The Morgan fingerprint density at radius 3 is 2.46 bits per heavy atom. The normalized spacial score (nSPS) is 38.1. The van der Waals surface area contributed by atoms with E-state index in [2.05, 4.69) is 21.2 Å². The van der Waals surface area contributed by atoms with E-state index < -0.39 is 5.60 Å². The van der Waals surface area contributed by atoms with Crippen molar-refractivity contribution in [3.8, 4) is 0 Å². The van der Waals surface area contributed by atoms with Crippen molar-refractivity contribution in [1.29, 1.82) is 0 Å². The minimum atomic E-state index is -0.484. The van der Waals surface area contributed by atoms with Crippen LogP contribution in [-0.2, 0) is 4.79 Å². The summed E-state index contributed by atoms with van der Waals surface area (Å²) in [5.41, 5.74) is 0.681. The first-order valence-corrected chi connectivity index (χ1v) is 9.91. The van der Waals surface area contributed by atoms with Crippen molar-refractivity contribution in [3.05, 3.63) is 34.3 Å². The molecule has 24 heavy (non-hydrogen) atoms. The van der Waals surface area contributed by atoms with Crippen molar-refractivity contribution >= 4 is 21.8 Å².